The molecule has 2 N–H and O–H groups in total. The SMILES string of the molecule is O=C(COCc1ccccc1)Nc1ccc(N2CCc3ccccc3C2)c(C(=O)NCC2CCCO2)c1. The molecule has 0 aromatic heterocycles. The van der Waals surface area contributed by atoms with Crippen molar-refractivity contribution in [3.63, 3.8) is 0 Å². The summed E-state index contributed by atoms with van der Waals surface area (Å²) in [6, 6.07) is 23.7. The highest BCUT2D eigenvalue weighted by Crippen LogP contribution is 2.30. The maximum atomic E-state index is 13.3. The number of carbonyl (C=O) groups is 2. The standard InChI is InChI=1S/C30H33N3O4/c34-29(21-36-20-22-7-2-1-3-8-22)32-25-12-13-28(33-15-14-23-9-4-5-10-24(23)19-33)27(17-25)30(35)31-18-26-11-6-16-37-26/h1-5,7-10,12-13,17,26H,6,11,14-16,18-21H2,(H,31,35)(H,32,34). The van der Waals surface area contributed by atoms with E-state index in [9.17, 15) is 9.59 Å². The lowest BCUT2D eigenvalue weighted by Crippen LogP contribution is -2.35. The molecular weight excluding hydrogens is 466 g/mol. The van der Waals surface area contributed by atoms with E-state index in [0.29, 0.717) is 24.4 Å². The molecule has 0 radical (unpaired) electrons. The van der Waals surface area contributed by atoms with E-state index in [-0.39, 0.29) is 24.5 Å². The van der Waals surface area contributed by atoms with Gasteiger partial charge >= 0.3 is 0 Å². The molecule has 5 rings (SSSR count). The fourth-order valence-electron chi connectivity index (χ4n) is 4.91. The van der Waals surface area contributed by atoms with Crippen LogP contribution < -0.4 is 15.5 Å². The minimum Gasteiger partial charge on any atom is -0.376 e. The molecule has 1 saturated heterocycles. The van der Waals surface area contributed by atoms with Crippen molar-refractivity contribution in [2.45, 2.75) is 38.5 Å². The highest BCUT2D eigenvalue weighted by Gasteiger charge is 2.23. The molecule has 7 heteroatoms. The van der Waals surface area contributed by atoms with E-state index in [2.05, 4.69) is 39.8 Å². The van der Waals surface area contributed by atoms with Crippen molar-refractivity contribution >= 4 is 23.2 Å². The Bertz CT molecular complexity index is 1220. The Morgan fingerprint density at radius 3 is 2.62 bits per heavy atom. The maximum Gasteiger partial charge on any atom is 0.253 e. The Labute approximate surface area is 217 Å². The van der Waals surface area contributed by atoms with Crippen LogP contribution in [-0.2, 0) is 33.8 Å². The summed E-state index contributed by atoms with van der Waals surface area (Å²) in [6.07, 6.45) is 2.95. The van der Waals surface area contributed by atoms with E-state index in [1.54, 1.807) is 6.07 Å². The van der Waals surface area contributed by atoms with Crippen LogP contribution in [0.4, 0.5) is 11.4 Å². The normalized spacial score (nSPS) is 16.8. The number of amides is 2. The van der Waals surface area contributed by atoms with Gasteiger partial charge in [0.2, 0.25) is 5.91 Å². The average molecular weight is 500 g/mol. The molecule has 2 amide bonds. The first kappa shape index (κ1) is 25.0. The zero-order valence-corrected chi connectivity index (χ0v) is 20.9. The topological polar surface area (TPSA) is 79.9 Å². The number of hydrogen-bond donors (Lipinski definition) is 2. The molecule has 2 aliphatic heterocycles. The van der Waals surface area contributed by atoms with E-state index < -0.39 is 0 Å². The van der Waals surface area contributed by atoms with Gasteiger partial charge in [0.05, 0.1) is 18.3 Å². The fraction of sp³-hybridized carbons (Fsp3) is 0.333. The number of nitrogens with one attached hydrogen (secondary N) is 2. The van der Waals surface area contributed by atoms with Crippen LogP contribution in [0.5, 0.6) is 0 Å². The number of rotatable bonds is 9. The number of hydrogen-bond acceptors (Lipinski definition) is 5. The summed E-state index contributed by atoms with van der Waals surface area (Å²) in [7, 11) is 0. The summed E-state index contributed by atoms with van der Waals surface area (Å²) in [5.74, 6) is -0.429. The highest BCUT2D eigenvalue weighted by molar-refractivity contribution is 6.02. The second kappa shape index (κ2) is 12.0. The fourth-order valence-corrected chi connectivity index (χ4v) is 4.91. The minimum absolute atomic E-state index is 0.0545. The van der Waals surface area contributed by atoms with Gasteiger partial charge in [-0.05, 0) is 54.2 Å². The Morgan fingerprint density at radius 2 is 1.81 bits per heavy atom. The lowest BCUT2D eigenvalue weighted by molar-refractivity contribution is -0.121. The molecule has 2 aliphatic rings. The van der Waals surface area contributed by atoms with Crippen molar-refractivity contribution in [2.24, 2.45) is 0 Å². The molecule has 1 unspecified atom stereocenters. The lowest BCUT2D eigenvalue weighted by atomic mass is 9.98. The summed E-state index contributed by atoms with van der Waals surface area (Å²) in [6.45, 7) is 3.07. The second-order valence-corrected chi connectivity index (χ2v) is 9.54. The van der Waals surface area contributed by atoms with Crippen molar-refractivity contribution in [3.05, 3.63) is 95.1 Å². The lowest BCUT2D eigenvalue weighted by Gasteiger charge is -2.32. The van der Waals surface area contributed by atoms with Crippen LogP contribution in [-0.4, -0.2) is 44.2 Å². The first-order valence-electron chi connectivity index (χ1n) is 12.9. The number of ether oxygens (including phenoxy) is 2. The number of nitrogens with zero attached hydrogens (tertiary/aromatic N) is 1. The third-order valence-electron chi connectivity index (χ3n) is 6.86. The van der Waals surface area contributed by atoms with Crippen molar-refractivity contribution in [3.8, 4) is 0 Å². The smallest absolute Gasteiger partial charge is 0.253 e. The largest absolute Gasteiger partial charge is 0.376 e. The predicted octanol–water partition coefficient (Wildman–Crippen LogP) is 4.31. The summed E-state index contributed by atoms with van der Waals surface area (Å²) in [5.41, 5.74) is 5.60. The van der Waals surface area contributed by atoms with Crippen molar-refractivity contribution in [1.82, 2.24) is 5.32 Å². The van der Waals surface area contributed by atoms with E-state index in [0.717, 1.165) is 50.2 Å². The quantitative estimate of drug-likeness (QED) is 0.459. The van der Waals surface area contributed by atoms with Gasteiger partial charge in [-0.15, -0.1) is 0 Å². The third-order valence-corrected chi connectivity index (χ3v) is 6.86. The Balaban J connectivity index is 1.28. The molecule has 0 aliphatic carbocycles. The van der Waals surface area contributed by atoms with Gasteiger partial charge < -0.3 is 25.0 Å². The Kier molecular flexibility index (Phi) is 8.13. The highest BCUT2D eigenvalue weighted by atomic mass is 16.5. The molecule has 0 saturated carbocycles. The monoisotopic (exact) mass is 499 g/mol. The Hall–Kier alpha value is -3.68. The summed E-state index contributed by atoms with van der Waals surface area (Å²) in [4.78, 5) is 28.1. The first-order valence-corrected chi connectivity index (χ1v) is 12.9. The Morgan fingerprint density at radius 1 is 1.00 bits per heavy atom. The van der Waals surface area contributed by atoms with Crippen molar-refractivity contribution in [2.75, 3.05) is 36.5 Å². The molecule has 3 aromatic carbocycles. The molecule has 2 heterocycles. The van der Waals surface area contributed by atoms with Gasteiger partial charge in [-0.3, -0.25) is 9.59 Å². The van der Waals surface area contributed by atoms with Crippen LogP contribution in [0.1, 0.15) is 39.9 Å². The van der Waals surface area contributed by atoms with Gasteiger partial charge in [-0.1, -0.05) is 54.6 Å². The molecule has 1 atom stereocenters. The molecule has 1 fully saturated rings. The molecule has 0 bridgehead atoms. The van der Waals surface area contributed by atoms with Crippen LogP contribution in [0.25, 0.3) is 0 Å². The zero-order chi connectivity index (χ0) is 25.5. The summed E-state index contributed by atoms with van der Waals surface area (Å²) >= 11 is 0. The van der Waals surface area contributed by atoms with E-state index in [4.69, 9.17) is 9.47 Å². The molecule has 7 nitrogen and oxygen atoms in total. The van der Waals surface area contributed by atoms with E-state index in [1.807, 2.05) is 42.5 Å². The molecular formula is C30H33N3O4. The van der Waals surface area contributed by atoms with Crippen LogP contribution in [0, 0.1) is 0 Å². The molecule has 0 spiro atoms. The third kappa shape index (κ3) is 6.56. The summed E-state index contributed by atoms with van der Waals surface area (Å²) < 4.78 is 11.2. The van der Waals surface area contributed by atoms with Gasteiger partial charge in [0, 0.05) is 37.6 Å². The second-order valence-electron chi connectivity index (χ2n) is 9.54. The maximum absolute atomic E-state index is 13.3. The van der Waals surface area contributed by atoms with E-state index in [1.165, 1.54) is 11.1 Å². The average Bonchev–Trinajstić information content (AvgIpc) is 3.46. The van der Waals surface area contributed by atoms with Gasteiger partial charge in [0.25, 0.3) is 5.91 Å². The van der Waals surface area contributed by atoms with Crippen molar-refractivity contribution < 1.29 is 19.1 Å². The minimum atomic E-state index is -0.263. The number of benzene rings is 3. The van der Waals surface area contributed by atoms with Gasteiger partial charge in [0.15, 0.2) is 0 Å². The zero-order valence-electron chi connectivity index (χ0n) is 20.9. The van der Waals surface area contributed by atoms with Crippen LogP contribution in [0.15, 0.2) is 72.8 Å². The van der Waals surface area contributed by atoms with Gasteiger partial charge in [0.1, 0.15) is 6.61 Å². The molecule has 3 aromatic rings. The predicted molar refractivity (Wildman–Crippen MR) is 144 cm³/mol. The number of fused-ring (bicyclic) bond motifs is 1. The summed E-state index contributed by atoms with van der Waals surface area (Å²) in [5, 5.41) is 5.92. The van der Waals surface area contributed by atoms with Crippen molar-refractivity contribution in [1.29, 1.82) is 0 Å². The van der Waals surface area contributed by atoms with Crippen LogP contribution in [0.2, 0.25) is 0 Å². The number of anilines is 2. The molecule has 192 valence electrons. The van der Waals surface area contributed by atoms with Crippen LogP contribution >= 0.6 is 0 Å². The van der Waals surface area contributed by atoms with Crippen LogP contribution in [0.3, 0.4) is 0 Å². The molecule has 37 heavy (non-hydrogen) atoms. The van der Waals surface area contributed by atoms with Gasteiger partial charge in [-0.25, -0.2) is 0 Å². The van der Waals surface area contributed by atoms with Gasteiger partial charge in [-0.2, -0.15) is 0 Å². The van der Waals surface area contributed by atoms with E-state index >= 15 is 0 Å². The first-order chi connectivity index (χ1) is 18.2. The number of carbonyl (C=O) groups excluding carboxylic acids is 2.